The molecule has 1 fully saturated rings. The predicted octanol–water partition coefficient (Wildman–Crippen LogP) is 2.19. The van der Waals surface area contributed by atoms with Crippen LogP contribution in [0.3, 0.4) is 0 Å². The van der Waals surface area contributed by atoms with Crippen LogP contribution in [0, 0.1) is 6.92 Å². The van der Waals surface area contributed by atoms with Crippen molar-refractivity contribution in [2.45, 2.75) is 6.92 Å². The third-order valence-corrected chi connectivity index (χ3v) is 2.49. The molecule has 2 aliphatic heterocycles. The number of carbonyl (C=O) groups excluding carboxylic acids is 1. The highest BCUT2D eigenvalue weighted by Crippen LogP contribution is 2.38. The summed E-state index contributed by atoms with van der Waals surface area (Å²) < 4.78 is 10.4. The van der Waals surface area contributed by atoms with Crippen LogP contribution >= 0.6 is 0 Å². The number of hydrogen-bond acceptors (Lipinski definition) is 3. The van der Waals surface area contributed by atoms with Gasteiger partial charge in [0, 0.05) is 0 Å². The second kappa shape index (κ2) is 2.76. The van der Waals surface area contributed by atoms with Crippen LogP contribution in [0.2, 0.25) is 0 Å². The van der Waals surface area contributed by atoms with Crippen LogP contribution in [0.1, 0.15) is 5.56 Å². The van der Waals surface area contributed by atoms with Crippen LogP contribution in [0.25, 0.3) is 0 Å². The van der Waals surface area contributed by atoms with E-state index in [0.29, 0.717) is 5.75 Å². The van der Waals surface area contributed by atoms with Gasteiger partial charge in [-0.05, 0) is 24.6 Å². The average Bonchev–Trinajstić information content (AvgIpc) is 2.60. The molecular weight excluding hydrogens is 194 g/mol. The Bertz CT molecular complexity index is 479. The number of amides is 1. The number of cyclic esters (lactones) is 1. The van der Waals surface area contributed by atoms with Crippen molar-refractivity contribution in [3.05, 3.63) is 35.7 Å². The molecule has 1 aromatic carbocycles. The maximum Gasteiger partial charge on any atom is 0.419 e. The molecule has 76 valence electrons. The summed E-state index contributed by atoms with van der Waals surface area (Å²) in [6.45, 7) is 2.26. The molecule has 2 heterocycles. The van der Waals surface area contributed by atoms with Gasteiger partial charge in [-0.15, -0.1) is 0 Å². The lowest BCUT2D eigenvalue weighted by Crippen LogP contribution is -2.25. The Morgan fingerprint density at radius 2 is 2.27 bits per heavy atom. The monoisotopic (exact) mass is 203 g/mol. The molecule has 4 heteroatoms. The maximum absolute atomic E-state index is 11.5. The van der Waals surface area contributed by atoms with Gasteiger partial charge in [0.25, 0.3) is 0 Å². The van der Waals surface area contributed by atoms with Crippen molar-refractivity contribution >= 4 is 11.8 Å². The third kappa shape index (κ3) is 1.11. The molecule has 0 aromatic heterocycles. The van der Waals surface area contributed by atoms with Gasteiger partial charge >= 0.3 is 6.09 Å². The molecule has 1 aromatic rings. The number of hydrogen-bond donors (Lipinski definition) is 0. The summed E-state index contributed by atoms with van der Waals surface area (Å²) in [5, 5.41) is 0. The van der Waals surface area contributed by atoms with Gasteiger partial charge in [0.1, 0.15) is 18.6 Å². The van der Waals surface area contributed by atoms with Crippen LogP contribution in [-0.2, 0) is 4.74 Å². The quantitative estimate of drug-likeness (QED) is 0.648. The van der Waals surface area contributed by atoms with Crippen molar-refractivity contribution in [2.75, 3.05) is 11.5 Å². The van der Waals surface area contributed by atoms with E-state index in [4.69, 9.17) is 9.47 Å². The van der Waals surface area contributed by atoms with Gasteiger partial charge in [0.2, 0.25) is 0 Å². The molecule has 0 radical (unpaired) electrons. The fourth-order valence-electron chi connectivity index (χ4n) is 1.75. The molecule has 0 aliphatic carbocycles. The first-order chi connectivity index (χ1) is 7.25. The molecular formula is C11H9NO3. The minimum atomic E-state index is -0.338. The number of ether oxygens (including phenoxy) is 2. The lowest BCUT2D eigenvalue weighted by molar-refractivity contribution is 0.182. The van der Waals surface area contributed by atoms with Crippen molar-refractivity contribution < 1.29 is 14.3 Å². The highest BCUT2D eigenvalue weighted by atomic mass is 16.6. The average molecular weight is 203 g/mol. The first-order valence-corrected chi connectivity index (χ1v) is 4.69. The normalized spacial score (nSPS) is 17.5. The number of rotatable bonds is 0. The van der Waals surface area contributed by atoms with Gasteiger partial charge in [-0.3, -0.25) is 0 Å². The summed E-state index contributed by atoms with van der Waals surface area (Å²) in [6.07, 6.45) is 1.22. The van der Waals surface area contributed by atoms with Crippen molar-refractivity contribution in [3.63, 3.8) is 0 Å². The van der Waals surface area contributed by atoms with E-state index in [0.717, 1.165) is 16.9 Å². The zero-order valence-electron chi connectivity index (χ0n) is 8.19. The van der Waals surface area contributed by atoms with E-state index in [-0.39, 0.29) is 12.7 Å². The van der Waals surface area contributed by atoms with E-state index in [2.05, 4.69) is 0 Å². The highest BCUT2D eigenvalue weighted by molar-refractivity contribution is 5.96. The van der Waals surface area contributed by atoms with E-state index in [1.165, 1.54) is 4.90 Å². The number of benzene rings is 1. The Morgan fingerprint density at radius 3 is 3.13 bits per heavy atom. The molecule has 0 N–H and O–H groups in total. The van der Waals surface area contributed by atoms with Gasteiger partial charge in [-0.2, -0.15) is 0 Å². The molecule has 15 heavy (non-hydrogen) atoms. The van der Waals surface area contributed by atoms with Gasteiger partial charge in [0.05, 0.1) is 5.69 Å². The number of fused-ring (bicyclic) bond motifs is 3. The number of aryl methyl sites for hydroxylation is 1. The molecule has 0 spiro atoms. The first kappa shape index (κ1) is 8.35. The van der Waals surface area contributed by atoms with Crippen molar-refractivity contribution in [3.8, 4) is 5.75 Å². The smallest absolute Gasteiger partial charge is 0.419 e. The van der Waals surface area contributed by atoms with Crippen LogP contribution < -0.4 is 9.64 Å². The second-order valence-corrected chi connectivity index (χ2v) is 3.59. The molecule has 4 nitrogen and oxygen atoms in total. The minimum absolute atomic E-state index is 0.284. The topological polar surface area (TPSA) is 38.8 Å². The summed E-state index contributed by atoms with van der Waals surface area (Å²) in [6, 6.07) is 5.70. The summed E-state index contributed by atoms with van der Waals surface area (Å²) in [5.74, 6) is 0.692. The molecule has 1 amide bonds. The highest BCUT2D eigenvalue weighted by Gasteiger charge is 2.34. The molecule has 1 saturated heterocycles. The number of nitrogens with zero attached hydrogens (tertiary/aromatic N) is 1. The van der Waals surface area contributed by atoms with Gasteiger partial charge < -0.3 is 9.47 Å². The van der Waals surface area contributed by atoms with Crippen LogP contribution in [0.4, 0.5) is 10.5 Å². The van der Waals surface area contributed by atoms with E-state index < -0.39 is 0 Å². The van der Waals surface area contributed by atoms with Crippen molar-refractivity contribution in [1.29, 1.82) is 0 Å². The van der Waals surface area contributed by atoms with Gasteiger partial charge in [-0.1, -0.05) is 6.07 Å². The Kier molecular flexibility index (Phi) is 1.54. The molecule has 0 atom stereocenters. The van der Waals surface area contributed by atoms with Crippen LogP contribution in [0.15, 0.2) is 30.2 Å². The summed E-state index contributed by atoms with van der Waals surface area (Å²) in [4.78, 5) is 13.0. The van der Waals surface area contributed by atoms with Crippen LogP contribution in [0.5, 0.6) is 5.75 Å². The molecule has 0 saturated carbocycles. The minimum Gasteiger partial charge on any atom is -0.461 e. The largest absolute Gasteiger partial charge is 0.461 e. The van der Waals surface area contributed by atoms with E-state index in [1.54, 1.807) is 6.26 Å². The lowest BCUT2D eigenvalue weighted by atomic mass is 10.2. The Morgan fingerprint density at radius 1 is 1.40 bits per heavy atom. The molecule has 0 unspecified atom stereocenters. The fourth-order valence-corrected chi connectivity index (χ4v) is 1.75. The zero-order chi connectivity index (χ0) is 10.4. The van der Waals surface area contributed by atoms with Gasteiger partial charge in [0.15, 0.2) is 5.75 Å². The lowest BCUT2D eigenvalue weighted by Gasteiger charge is -2.22. The zero-order valence-corrected chi connectivity index (χ0v) is 8.19. The second-order valence-electron chi connectivity index (χ2n) is 3.59. The number of carbonyl (C=O) groups is 1. The first-order valence-electron chi connectivity index (χ1n) is 4.69. The Balaban J connectivity index is 2.15. The Labute approximate surface area is 86.7 Å². The van der Waals surface area contributed by atoms with E-state index in [9.17, 15) is 4.79 Å². The van der Waals surface area contributed by atoms with Crippen LogP contribution in [-0.4, -0.2) is 12.7 Å². The standard InChI is InChI=1S/C11H9NO3/c1-7-2-3-9-10(4-7)14-5-8-6-15-11(13)12(8)9/h2-5H,6H2,1H3. The van der Waals surface area contributed by atoms with E-state index >= 15 is 0 Å². The summed E-state index contributed by atoms with van der Waals surface area (Å²) >= 11 is 0. The summed E-state index contributed by atoms with van der Waals surface area (Å²) in [7, 11) is 0. The van der Waals surface area contributed by atoms with Crippen molar-refractivity contribution in [1.82, 2.24) is 0 Å². The fraction of sp³-hybridized carbons (Fsp3) is 0.182. The molecule has 2 aliphatic rings. The van der Waals surface area contributed by atoms with Crippen molar-refractivity contribution in [2.24, 2.45) is 0 Å². The summed E-state index contributed by atoms with van der Waals surface area (Å²) in [5.41, 5.74) is 2.59. The number of anilines is 1. The molecule has 0 bridgehead atoms. The third-order valence-electron chi connectivity index (χ3n) is 2.49. The van der Waals surface area contributed by atoms with E-state index in [1.807, 2.05) is 25.1 Å². The van der Waals surface area contributed by atoms with Gasteiger partial charge in [-0.25, -0.2) is 9.69 Å². The predicted molar refractivity (Wildman–Crippen MR) is 53.7 cm³/mol. The SMILES string of the molecule is Cc1ccc2c(c1)OC=C1COC(=O)N12. The maximum atomic E-state index is 11.5. The molecule has 3 rings (SSSR count). The Hall–Kier alpha value is -1.97.